The largest absolute Gasteiger partial charge is 0.488 e. The van der Waals surface area contributed by atoms with Crippen molar-refractivity contribution in [2.45, 2.75) is 112 Å². The van der Waals surface area contributed by atoms with Crippen molar-refractivity contribution >= 4 is 36.3 Å². The van der Waals surface area contributed by atoms with E-state index in [1.54, 1.807) is 36.4 Å². The number of esters is 1. The Kier molecular flexibility index (Phi) is 20.7. The van der Waals surface area contributed by atoms with E-state index in [2.05, 4.69) is 23.6 Å². The lowest BCUT2D eigenvalue weighted by atomic mass is 10.0. The smallest absolute Gasteiger partial charge is 0.303 e. The summed E-state index contributed by atoms with van der Waals surface area (Å²) in [5.41, 5.74) is 0.363. The van der Waals surface area contributed by atoms with Gasteiger partial charge in [-0.1, -0.05) is 11.6 Å². The average Bonchev–Trinajstić information content (AvgIpc) is 3.25. The maximum atomic E-state index is 12.3. The molecule has 10 heteroatoms. The molecule has 1 N–H and O–H groups in total. The predicted molar refractivity (Wildman–Crippen MR) is 180 cm³/mol. The van der Waals surface area contributed by atoms with Crippen molar-refractivity contribution in [2.75, 3.05) is 13.6 Å². The molecule has 0 radical (unpaired) electrons. The van der Waals surface area contributed by atoms with Gasteiger partial charge in [0.1, 0.15) is 22.6 Å². The molecule has 1 heterocycles. The average molecular weight is 652 g/mol. The van der Waals surface area contributed by atoms with E-state index >= 15 is 0 Å². The number of carboxylic acid groups (broad SMARTS) is 1. The zero-order valence-corrected chi connectivity index (χ0v) is 29.9. The van der Waals surface area contributed by atoms with Crippen LogP contribution in [0.1, 0.15) is 105 Å². The third-order valence-electron chi connectivity index (χ3n) is 5.38. The lowest BCUT2D eigenvalue weighted by Crippen LogP contribution is -2.22. The Labute approximate surface area is 275 Å². The van der Waals surface area contributed by atoms with Gasteiger partial charge in [0.25, 0.3) is 12.9 Å². The second-order valence-electron chi connectivity index (χ2n) is 13.2. The van der Waals surface area contributed by atoms with Crippen LogP contribution in [-0.4, -0.2) is 71.1 Å². The van der Waals surface area contributed by atoms with Gasteiger partial charge in [0, 0.05) is 29.1 Å². The minimum atomic E-state index is -0.328. The second kappa shape index (κ2) is 21.3. The monoisotopic (exact) mass is 651 g/mol. The van der Waals surface area contributed by atoms with E-state index in [0.717, 1.165) is 11.8 Å². The van der Waals surface area contributed by atoms with Crippen LogP contribution in [0.3, 0.4) is 0 Å². The fourth-order valence-corrected chi connectivity index (χ4v) is 3.57. The third-order valence-corrected chi connectivity index (χ3v) is 5.64. The normalized spacial score (nSPS) is 14.2. The molecule has 1 aliphatic heterocycles. The molecule has 0 saturated carbocycles. The Hall–Kier alpha value is -3.43. The van der Waals surface area contributed by atoms with Crippen molar-refractivity contribution in [1.82, 2.24) is 4.90 Å². The fraction of sp³-hybridized carbons (Fsp3) is 0.543. The highest BCUT2D eigenvalue weighted by Crippen LogP contribution is 2.20. The highest BCUT2D eigenvalue weighted by molar-refractivity contribution is 6.30. The van der Waals surface area contributed by atoms with Crippen molar-refractivity contribution in [3.63, 3.8) is 0 Å². The number of ether oxygens (including phenoxy) is 3. The summed E-state index contributed by atoms with van der Waals surface area (Å²) in [6, 6.07) is 14.9. The first-order chi connectivity index (χ1) is 20.5. The van der Waals surface area contributed by atoms with Crippen LogP contribution in [0.5, 0.6) is 5.75 Å². The summed E-state index contributed by atoms with van der Waals surface area (Å²) < 4.78 is 15.1. The molecule has 1 atom stereocenters. The Balaban J connectivity index is 0. The van der Waals surface area contributed by atoms with Gasteiger partial charge in [-0.05, 0) is 144 Å². The molecule has 0 bridgehead atoms. The van der Waals surface area contributed by atoms with Crippen molar-refractivity contribution in [1.29, 1.82) is 0 Å². The van der Waals surface area contributed by atoms with Gasteiger partial charge in [-0.2, -0.15) is 0 Å². The van der Waals surface area contributed by atoms with Crippen molar-refractivity contribution < 1.29 is 38.5 Å². The molecule has 0 spiro atoms. The van der Waals surface area contributed by atoms with Gasteiger partial charge in [0.2, 0.25) is 0 Å². The number of likely N-dealkylation sites (tertiary alicyclic amines) is 1. The molecule has 0 aliphatic carbocycles. The topological polar surface area (TPSA) is 119 Å². The van der Waals surface area contributed by atoms with E-state index in [9.17, 15) is 14.4 Å². The summed E-state index contributed by atoms with van der Waals surface area (Å²) in [7, 11) is 2.19. The fourth-order valence-electron chi connectivity index (χ4n) is 3.45. The summed E-state index contributed by atoms with van der Waals surface area (Å²) >= 11 is 5.82. The molecule has 0 amide bonds. The molecule has 254 valence electrons. The van der Waals surface area contributed by atoms with Crippen LogP contribution in [0.15, 0.2) is 48.5 Å². The lowest BCUT2D eigenvalue weighted by molar-refractivity contribution is -0.152. The summed E-state index contributed by atoms with van der Waals surface area (Å²) in [5.74, 6) is 0.506. The van der Waals surface area contributed by atoms with Crippen molar-refractivity contribution in [3.05, 3.63) is 64.7 Å². The molecule has 2 aromatic carbocycles. The van der Waals surface area contributed by atoms with Gasteiger partial charge in [-0.25, -0.2) is 0 Å². The molecule has 9 nitrogen and oxygen atoms in total. The minimum Gasteiger partial charge on any atom is -0.488 e. The number of carbonyl (C=O) groups is 4. The molecule has 0 aromatic heterocycles. The van der Waals surface area contributed by atoms with E-state index in [0.29, 0.717) is 22.6 Å². The first-order valence-electron chi connectivity index (χ1n) is 14.7. The maximum Gasteiger partial charge on any atom is 0.303 e. The number of hydrogen-bond donors (Lipinski definition) is 1. The molecule has 3 rings (SSSR count). The molecule has 1 aliphatic rings. The summed E-state index contributed by atoms with van der Waals surface area (Å²) in [5, 5.41) is 7.51. The highest BCUT2D eigenvalue weighted by atomic mass is 35.5. The van der Waals surface area contributed by atoms with Crippen LogP contribution in [0, 0.1) is 0 Å². The van der Waals surface area contributed by atoms with Gasteiger partial charge in [-0.15, -0.1) is 0 Å². The van der Waals surface area contributed by atoms with E-state index in [4.69, 9.17) is 31.0 Å². The maximum absolute atomic E-state index is 12.3. The first kappa shape index (κ1) is 43.7. The van der Waals surface area contributed by atoms with E-state index in [1.165, 1.54) is 26.3 Å². The molecular weight excluding hydrogens is 598 g/mol. The molecule has 45 heavy (non-hydrogen) atoms. The Bertz CT molecular complexity index is 1120. The van der Waals surface area contributed by atoms with Gasteiger partial charge in [-0.3, -0.25) is 19.2 Å². The minimum absolute atomic E-state index is 0.0241. The molecule has 1 unspecified atom stereocenters. The predicted octanol–water partition coefficient (Wildman–Crippen LogP) is 7.86. The number of carbonyl (C=O) groups excluding carboxylic acids is 3. The second-order valence-corrected chi connectivity index (χ2v) is 13.6. The number of benzene rings is 2. The van der Waals surface area contributed by atoms with Crippen molar-refractivity contribution in [2.24, 2.45) is 0 Å². The Morgan fingerprint density at radius 3 is 1.51 bits per heavy atom. The lowest BCUT2D eigenvalue weighted by Gasteiger charge is -2.21. The number of rotatable bonds is 4. The van der Waals surface area contributed by atoms with E-state index < -0.39 is 0 Å². The summed E-state index contributed by atoms with van der Waals surface area (Å²) in [6.45, 7) is 22.2. The number of hydrogen-bond acceptors (Lipinski definition) is 8. The van der Waals surface area contributed by atoms with Gasteiger partial charge in [0.05, 0.1) is 0 Å². The van der Waals surface area contributed by atoms with Gasteiger partial charge < -0.3 is 24.2 Å². The van der Waals surface area contributed by atoms with Crippen LogP contribution >= 0.6 is 11.6 Å². The number of halogens is 1. The molecule has 1 saturated heterocycles. The molecule has 2 aromatic rings. The number of ketones is 1. The summed E-state index contributed by atoms with van der Waals surface area (Å²) in [6.07, 6.45) is 2.80. The van der Waals surface area contributed by atoms with Crippen LogP contribution in [0.4, 0.5) is 0 Å². The molecule has 1 fully saturated rings. The first-order valence-corrected chi connectivity index (χ1v) is 15.1. The molecular formula is C35H54ClNO8. The Morgan fingerprint density at radius 2 is 1.29 bits per heavy atom. The van der Waals surface area contributed by atoms with Crippen LogP contribution in [0.2, 0.25) is 5.02 Å². The summed E-state index contributed by atoms with van der Waals surface area (Å²) in [4.78, 5) is 42.9. The van der Waals surface area contributed by atoms with Crippen LogP contribution in [0.25, 0.3) is 0 Å². The van der Waals surface area contributed by atoms with E-state index in [1.807, 2.05) is 74.4 Å². The van der Waals surface area contributed by atoms with Gasteiger partial charge >= 0.3 is 5.97 Å². The van der Waals surface area contributed by atoms with Crippen LogP contribution in [-0.2, 0) is 23.9 Å². The quantitative estimate of drug-likeness (QED) is 0.200. The zero-order chi connectivity index (χ0) is 35.4. The highest BCUT2D eigenvalue weighted by Gasteiger charge is 2.15. The SMILES string of the molecule is CC(=O)OC(C)(C)C.CC(C)(C)OC=O.CC(C)(C)Oc1ccc(C(=O)c2ccc(Cl)cc2)cc1.CC1CCCN1C.O=CO. The van der Waals surface area contributed by atoms with E-state index in [-0.39, 0.29) is 35.0 Å². The van der Waals surface area contributed by atoms with Crippen LogP contribution < -0.4 is 4.74 Å². The Morgan fingerprint density at radius 1 is 0.844 bits per heavy atom. The standard InChI is InChI=1S/C17H17ClO2.C6H13N.C6H12O2.C5H10O2.CH2O2/c1-17(2,3)20-15-10-6-13(7-11-15)16(19)12-4-8-14(18)9-5-12;1-6-4-3-5-7(6)2;1-5(7)8-6(2,3)4;1-5(2,3)7-4-6;2-1-3/h4-11H,1-3H3;6H,3-5H2,1-2H3;1-4H3;4H,1-3H3;1H,(H,2,3). The van der Waals surface area contributed by atoms with Gasteiger partial charge in [0.15, 0.2) is 5.78 Å². The van der Waals surface area contributed by atoms with Crippen molar-refractivity contribution in [3.8, 4) is 5.75 Å². The third kappa shape index (κ3) is 25.6. The number of nitrogens with zero attached hydrogens (tertiary/aromatic N) is 1. The zero-order valence-electron chi connectivity index (χ0n) is 29.1.